The Kier molecular flexibility index (Phi) is 6.30. The maximum absolute atomic E-state index is 13.4. The number of carbonyl (C=O) groups is 1. The molecule has 0 aromatic heterocycles. The molecular weight excluding hydrogens is 365 g/mol. The number of carbonyl (C=O) groups excluding carboxylic acids is 1. The quantitative estimate of drug-likeness (QED) is 0.606. The molecule has 8 heteroatoms. The van der Waals surface area contributed by atoms with Gasteiger partial charge in [0.05, 0.1) is 21.5 Å². The molecule has 0 aliphatic heterocycles. The second-order valence-corrected chi connectivity index (χ2v) is 7.31. The Morgan fingerprint density at radius 1 is 1.43 bits per heavy atom. The topological polar surface area (TPSA) is 86.5 Å². The third kappa shape index (κ3) is 5.37. The van der Waals surface area contributed by atoms with E-state index in [0.717, 1.165) is 18.6 Å². The molecule has 0 radical (unpaired) electrons. The Morgan fingerprint density at radius 2 is 2.05 bits per heavy atom. The fraction of sp³-hybridized carbons (Fsp3) is 0.462. The number of rotatable bonds is 6. The molecule has 1 aromatic carbocycles. The Morgan fingerprint density at radius 3 is 2.57 bits per heavy atom. The number of halogens is 2. The fourth-order valence-corrected chi connectivity index (χ4v) is 3.36. The van der Waals surface area contributed by atoms with E-state index < -0.39 is 26.7 Å². The second kappa shape index (κ2) is 7.33. The summed E-state index contributed by atoms with van der Waals surface area (Å²) >= 11 is 2.96. The van der Waals surface area contributed by atoms with Crippen LogP contribution in [0.1, 0.15) is 37.0 Å². The summed E-state index contributed by atoms with van der Waals surface area (Å²) in [5, 5.41) is 4.97. The van der Waals surface area contributed by atoms with Gasteiger partial charge < -0.3 is 4.74 Å². The summed E-state index contributed by atoms with van der Waals surface area (Å²) in [5.74, 6) is -1.19. The standard InChI is InChI=1S/C13H17BrFNO4S/c1-8(2)4-3-5-20-13(17)10-6-9(15)7-11(12(10)14)21(16,18)19/h6-8H,3-5H2,1-2H3,(H2,16,18,19). The zero-order valence-corrected chi connectivity index (χ0v) is 14.1. The lowest BCUT2D eigenvalue weighted by Gasteiger charge is -2.10. The number of hydrogen-bond donors (Lipinski definition) is 1. The molecule has 0 aliphatic rings. The van der Waals surface area contributed by atoms with Gasteiger partial charge in [-0.2, -0.15) is 0 Å². The van der Waals surface area contributed by atoms with Crippen molar-refractivity contribution in [3.8, 4) is 0 Å². The molecule has 2 N–H and O–H groups in total. The van der Waals surface area contributed by atoms with Crippen LogP contribution in [0.4, 0.5) is 4.39 Å². The molecule has 0 saturated carbocycles. The average Bonchev–Trinajstić information content (AvgIpc) is 2.35. The van der Waals surface area contributed by atoms with Crippen LogP contribution >= 0.6 is 15.9 Å². The lowest BCUT2D eigenvalue weighted by atomic mass is 10.1. The van der Waals surface area contributed by atoms with Crippen LogP contribution in [-0.4, -0.2) is 21.0 Å². The Balaban J connectivity index is 2.93. The first-order valence-electron chi connectivity index (χ1n) is 6.32. The van der Waals surface area contributed by atoms with E-state index >= 15 is 0 Å². The summed E-state index contributed by atoms with van der Waals surface area (Å²) in [6.07, 6.45) is 1.57. The number of nitrogens with two attached hydrogens (primary N) is 1. The molecule has 0 heterocycles. The highest BCUT2D eigenvalue weighted by Crippen LogP contribution is 2.27. The summed E-state index contributed by atoms with van der Waals surface area (Å²) < 4.78 is 41.0. The predicted molar refractivity (Wildman–Crippen MR) is 79.8 cm³/mol. The number of primary sulfonamides is 1. The van der Waals surface area contributed by atoms with Gasteiger partial charge >= 0.3 is 5.97 Å². The van der Waals surface area contributed by atoms with Crippen LogP contribution in [0.5, 0.6) is 0 Å². The molecule has 5 nitrogen and oxygen atoms in total. The van der Waals surface area contributed by atoms with Crippen LogP contribution in [0.3, 0.4) is 0 Å². The fourth-order valence-electron chi connectivity index (χ4n) is 1.65. The largest absolute Gasteiger partial charge is 0.462 e. The van der Waals surface area contributed by atoms with Gasteiger partial charge in [-0.1, -0.05) is 13.8 Å². The van der Waals surface area contributed by atoms with Gasteiger partial charge in [0, 0.05) is 0 Å². The van der Waals surface area contributed by atoms with Gasteiger partial charge in [0.15, 0.2) is 0 Å². The number of sulfonamides is 1. The molecule has 118 valence electrons. The van der Waals surface area contributed by atoms with Crippen molar-refractivity contribution < 1.29 is 22.3 Å². The van der Waals surface area contributed by atoms with Crippen molar-refractivity contribution in [1.82, 2.24) is 0 Å². The van der Waals surface area contributed by atoms with E-state index in [2.05, 4.69) is 15.9 Å². The van der Waals surface area contributed by atoms with Crippen molar-refractivity contribution in [3.05, 3.63) is 28.0 Å². The molecule has 0 bridgehead atoms. The minimum atomic E-state index is -4.14. The molecule has 0 fully saturated rings. The van der Waals surface area contributed by atoms with Crippen molar-refractivity contribution in [1.29, 1.82) is 0 Å². The first-order valence-corrected chi connectivity index (χ1v) is 8.66. The van der Waals surface area contributed by atoms with Gasteiger partial charge in [-0.15, -0.1) is 0 Å². The molecule has 0 aliphatic carbocycles. The van der Waals surface area contributed by atoms with E-state index in [1.807, 2.05) is 13.8 Å². The van der Waals surface area contributed by atoms with Gasteiger partial charge in [-0.3, -0.25) is 0 Å². The van der Waals surface area contributed by atoms with E-state index in [4.69, 9.17) is 9.88 Å². The van der Waals surface area contributed by atoms with E-state index in [1.165, 1.54) is 0 Å². The van der Waals surface area contributed by atoms with Crippen LogP contribution in [0, 0.1) is 11.7 Å². The zero-order chi connectivity index (χ0) is 16.2. The molecule has 1 rings (SSSR count). The van der Waals surface area contributed by atoms with Gasteiger partial charge in [0.2, 0.25) is 10.0 Å². The third-order valence-corrected chi connectivity index (χ3v) is 4.74. The minimum Gasteiger partial charge on any atom is -0.462 e. The lowest BCUT2D eigenvalue weighted by Crippen LogP contribution is -2.16. The minimum absolute atomic E-state index is 0.0970. The zero-order valence-electron chi connectivity index (χ0n) is 11.7. The summed E-state index contributed by atoms with van der Waals surface area (Å²) in [6, 6.07) is 1.65. The molecule has 0 unspecified atom stereocenters. The van der Waals surface area contributed by atoms with Crippen molar-refractivity contribution in [2.75, 3.05) is 6.61 Å². The van der Waals surface area contributed by atoms with E-state index in [1.54, 1.807) is 0 Å². The molecule has 0 saturated heterocycles. The maximum Gasteiger partial charge on any atom is 0.339 e. The van der Waals surface area contributed by atoms with Crippen LogP contribution in [-0.2, 0) is 14.8 Å². The first-order chi connectivity index (χ1) is 9.62. The normalized spacial score (nSPS) is 11.7. The van der Waals surface area contributed by atoms with Gasteiger partial charge in [0.25, 0.3) is 0 Å². The van der Waals surface area contributed by atoms with Crippen LogP contribution in [0.25, 0.3) is 0 Å². The Bertz CT molecular complexity index is 631. The number of hydrogen-bond acceptors (Lipinski definition) is 4. The van der Waals surface area contributed by atoms with Crippen molar-refractivity contribution in [2.24, 2.45) is 11.1 Å². The van der Waals surface area contributed by atoms with Crippen LogP contribution < -0.4 is 5.14 Å². The summed E-state index contributed by atoms with van der Waals surface area (Å²) in [4.78, 5) is 11.4. The Labute approximate surface area is 131 Å². The van der Waals surface area contributed by atoms with Gasteiger partial charge in [0.1, 0.15) is 5.82 Å². The highest BCUT2D eigenvalue weighted by Gasteiger charge is 2.22. The molecule has 0 atom stereocenters. The van der Waals surface area contributed by atoms with Crippen molar-refractivity contribution >= 4 is 31.9 Å². The number of esters is 1. The van der Waals surface area contributed by atoms with E-state index in [-0.39, 0.29) is 16.6 Å². The smallest absolute Gasteiger partial charge is 0.339 e. The lowest BCUT2D eigenvalue weighted by molar-refractivity contribution is 0.0492. The highest BCUT2D eigenvalue weighted by atomic mass is 79.9. The van der Waals surface area contributed by atoms with Gasteiger partial charge in [-0.25, -0.2) is 22.7 Å². The molecule has 21 heavy (non-hydrogen) atoms. The molecular formula is C13H17BrFNO4S. The summed E-state index contributed by atoms with van der Waals surface area (Å²) in [7, 11) is -4.14. The SMILES string of the molecule is CC(C)CCCOC(=O)c1cc(F)cc(S(N)(=O)=O)c1Br. The van der Waals surface area contributed by atoms with Crippen LogP contribution in [0.2, 0.25) is 0 Å². The van der Waals surface area contributed by atoms with Gasteiger partial charge in [-0.05, 0) is 46.8 Å². The number of ether oxygens (including phenoxy) is 1. The monoisotopic (exact) mass is 381 g/mol. The molecule has 0 spiro atoms. The number of benzene rings is 1. The van der Waals surface area contributed by atoms with Crippen LogP contribution in [0.15, 0.2) is 21.5 Å². The second-order valence-electron chi connectivity index (χ2n) is 4.98. The third-order valence-electron chi connectivity index (χ3n) is 2.69. The molecule has 0 amide bonds. The first kappa shape index (κ1) is 18.1. The summed E-state index contributed by atoms with van der Waals surface area (Å²) in [6.45, 7) is 4.28. The summed E-state index contributed by atoms with van der Waals surface area (Å²) in [5.41, 5.74) is -0.205. The van der Waals surface area contributed by atoms with Crippen molar-refractivity contribution in [2.45, 2.75) is 31.6 Å². The van der Waals surface area contributed by atoms with Crippen molar-refractivity contribution in [3.63, 3.8) is 0 Å². The maximum atomic E-state index is 13.4. The Hall–Kier alpha value is -0.990. The van der Waals surface area contributed by atoms with E-state index in [0.29, 0.717) is 12.3 Å². The molecule has 1 aromatic rings. The predicted octanol–water partition coefficient (Wildman–Crippen LogP) is 2.83. The average molecular weight is 382 g/mol. The highest BCUT2D eigenvalue weighted by molar-refractivity contribution is 9.10. The van der Waals surface area contributed by atoms with E-state index in [9.17, 15) is 17.6 Å².